The topological polar surface area (TPSA) is 67.4 Å². The molecule has 4 rings (SSSR count). The number of aromatic nitrogens is 4. The first kappa shape index (κ1) is 19.3. The van der Waals surface area contributed by atoms with Gasteiger partial charge in [-0.3, -0.25) is 4.98 Å². The summed E-state index contributed by atoms with van der Waals surface area (Å²) in [4.78, 5) is 8.61. The number of halogens is 2. The Morgan fingerprint density at radius 2 is 1.93 bits per heavy atom. The Labute approximate surface area is 181 Å². The Morgan fingerprint density at radius 1 is 1.17 bits per heavy atom. The van der Waals surface area contributed by atoms with Crippen LogP contribution in [-0.2, 0) is 0 Å². The Hall–Kier alpha value is -2.98. The number of nitriles is 1. The minimum atomic E-state index is 0.384. The van der Waals surface area contributed by atoms with Gasteiger partial charge in [0.15, 0.2) is 0 Å². The normalized spacial score (nSPS) is 11.4. The van der Waals surface area contributed by atoms with Crippen LogP contribution < -0.4 is 0 Å². The maximum atomic E-state index is 9.72. The molecule has 0 bridgehead atoms. The van der Waals surface area contributed by atoms with Crippen molar-refractivity contribution in [3.8, 4) is 23.0 Å². The molecule has 0 aliphatic carbocycles. The molecular weight excluding hydrogens is 425 g/mol. The summed E-state index contributed by atoms with van der Waals surface area (Å²) in [6, 6.07) is 13.3. The van der Waals surface area contributed by atoms with Crippen LogP contribution in [-0.4, -0.2) is 19.7 Å². The van der Waals surface area contributed by atoms with Crippen LogP contribution in [0, 0.1) is 18.3 Å². The van der Waals surface area contributed by atoms with Crippen LogP contribution in [0.2, 0.25) is 10.2 Å². The maximum absolute atomic E-state index is 9.72. The summed E-state index contributed by atoms with van der Waals surface area (Å²) in [6.07, 6.45) is 5.14. The summed E-state index contributed by atoms with van der Waals surface area (Å²) in [5, 5.41) is 17.7. The highest BCUT2D eigenvalue weighted by Crippen LogP contribution is 2.32. The smallest absolute Gasteiger partial charge is 0.140 e. The number of pyridine rings is 1. The van der Waals surface area contributed by atoms with Crippen molar-refractivity contribution in [2.45, 2.75) is 6.92 Å². The first-order chi connectivity index (χ1) is 14.1. The second-order valence-corrected chi connectivity index (χ2v) is 7.72. The zero-order valence-corrected chi connectivity index (χ0v) is 17.5. The van der Waals surface area contributed by atoms with Gasteiger partial charge < -0.3 is 0 Å². The number of nitrogens with zero attached hydrogens (tertiary/aromatic N) is 5. The van der Waals surface area contributed by atoms with Crippen molar-refractivity contribution in [1.29, 1.82) is 5.26 Å². The van der Waals surface area contributed by atoms with Gasteiger partial charge in [0.25, 0.3) is 0 Å². The zero-order chi connectivity index (χ0) is 20.4. The minimum absolute atomic E-state index is 0.384. The third kappa shape index (κ3) is 3.81. The average Bonchev–Trinajstić information content (AvgIpc) is 3.33. The van der Waals surface area contributed by atoms with Crippen LogP contribution in [0.5, 0.6) is 0 Å². The molecule has 0 unspecified atom stereocenters. The minimum Gasteiger partial charge on any atom is -0.265 e. The molecule has 3 aromatic heterocycles. The Balaban J connectivity index is 1.75. The molecule has 5 nitrogen and oxygen atoms in total. The standard InChI is InChI=1S/C21H13Cl2N5S/c1-13-16(20(23)28(27-13)19-5-3-2-4-17(19)22)10-15(11-24)21-26-18(12-29-21)14-6-8-25-9-7-14/h2-10,12H,1H3. The summed E-state index contributed by atoms with van der Waals surface area (Å²) in [7, 11) is 0. The summed E-state index contributed by atoms with van der Waals surface area (Å²) in [6.45, 7) is 1.84. The van der Waals surface area contributed by atoms with E-state index in [1.807, 2.05) is 42.6 Å². The Morgan fingerprint density at radius 3 is 2.66 bits per heavy atom. The summed E-state index contributed by atoms with van der Waals surface area (Å²) in [5.74, 6) is 0. The van der Waals surface area contributed by atoms with Crippen molar-refractivity contribution in [3.05, 3.63) is 80.6 Å². The van der Waals surface area contributed by atoms with Crippen molar-refractivity contribution in [2.75, 3.05) is 0 Å². The lowest BCUT2D eigenvalue weighted by molar-refractivity contribution is 0.863. The second-order valence-electron chi connectivity index (χ2n) is 6.10. The molecule has 0 amide bonds. The van der Waals surface area contributed by atoms with Crippen molar-refractivity contribution < 1.29 is 0 Å². The number of rotatable bonds is 4. The maximum Gasteiger partial charge on any atom is 0.140 e. The molecule has 3 heterocycles. The van der Waals surface area contributed by atoms with E-state index in [4.69, 9.17) is 23.2 Å². The molecular formula is C21H13Cl2N5S. The van der Waals surface area contributed by atoms with E-state index < -0.39 is 0 Å². The van der Waals surface area contributed by atoms with Gasteiger partial charge in [-0.25, -0.2) is 9.67 Å². The summed E-state index contributed by atoms with van der Waals surface area (Å²) >= 11 is 14.3. The number of thiazole rings is 1. The number of benzene rings is 1. The molecule has 0 fully saturated rings. The van der Waals surface area contributed by atoms with Gasteiger partial charge in [-0.1, -0.05) is 35.3 Å². The first-order valence-electron chi connectivity index (χ1n) is 8.56. The van der Waals surface area contributed by atoms with Gasteiger partial charge in [-0.15, -0.1) is 11.3 Å². The molecule has 8 heteroatoms. The molecule has 142 valence electrons. The van der Waals surface area contributed by atoms with E-state index in [1.54, 1.807) is 29.2 Å². The highest BCUT2D eigenvalue weighted by atomic mass is 35.5. The summed E-state index contributed by atoms with van der Waals surface area (Å²) in [5.41, 5.74) is 4.18. The molecule has 4 aromatic rings. The predicted octanol–water partition coefficient (Wildman–Crippen LogP) is 6.07. The van der Waals surface area contributed by atoms with Gasteiger partial charge in [0, 0.05) is 28.9 Å². The van der Waals surface area contributed by atoms with Gasteiger partial charge in [0.05, 0.1) is 27.7 Å². The lowest BCUT2D eigenvalue weighted by atomic mass is 10.1. The molecule has 29 heavy (non-hydrogen) atoms. The number of allylic oxidation sites excluding steroid dienone is 1. The fourth-order valence-corrected chi connectivity index (χ4v) is 4.13. The first-order valence-corrected chi connectivity index (χ1v) is 10.2. The fraction of sp³-hybridized carbons (Fsp3) is 0.0476. The molecule has 0 radical (unpaired) electrons. The van der Waals surface area contributed by atoms with Crippen LogP contribution in [0.15, 0.2) is 54.2 Å². The highest BCUT2D eigenvalue weighted by molar-refractivity contribution is 7.11. The lowest BCUT2D eigenvalue weighted by Crippen LogP contribution is -1.97. The second kappa shape index (κ2) is 8.18. The third-order valence-electron chi connectivity index (χ3n) is 4.25. The van der Waals surface area contributed by atoms with E-state index in [9.17, 15) is 5.26 Å². The molecule has 0 N–H and O–H groups in total. The average molecular weight is 438 g/mol. The van der Waals surface area contributed by atoms with Gasteiger partial charge >= 0.3 is 0 Å². The predicted molar refractivity (Wildman–Crippen MR) is 117 cm³/mol. The molecule has 0 spiro atoms. The molecule has 1 aromatic carbocycles. The third-order valence-corrected chi connectivity index (χ3v) is 5.81. The quantitative estimate of drug-likeness (QED) is 0.363. The van der Waals surface area contributed by atoms with E-state index in [0.717, 1.165) is 11.3 Å². The van der Waals surface area contributed by atoms with Crippen LogP contribution >= 0.6 is 34.5 Å². The largest absolute Gasteiger partial charge is 0.265 e. The number of hydrogen-bond acceptors (Lipinski definition) is 5. The Bertz CT molecular complexity index is 1250. The van der Waals surface area contributed by atoms with E-state index in [1.165, 1.54) is 11.3 Å². The van der Waals surface area contributed by atoms with E-state index in [2.05, 4.69) is 21.1 Å². The van der Waals surface area contributed by atoms with E-state index in [-0.39, 0.29) is 0 Å². The summed E-state index contributed by atoms with van der Waals surface area (Å²) < 4.78 is 1.57. The monoisotopic (exact) mass is 437 g/mol. The van der Waals surface area contributed by atoms with Gasteiger partial charge in [-0.2, -0.15) is 10.4 Å². The fourth-order valence-electron chi connectivity index (χ4n) is 2.80. The Kier molecular flexibility index (Phi) is 5.45. The number of hydrogen-bond donors (Lipinski definition) is 0. The highest BCUT2D eigenvalue weighted by Gasteiger charge is 2.17. The SMILES string of the molecule is Cc1nn(-c2ccccc2Cl)c(Cl)c1C=C(C#N)c1nc(-c2ccncc2)cs1. The molecule has 0 atom stereocenters. The van der Waals surface area contributed by atoms with Crippen molar-refractivity contribution in [3.63, 3.8) is 0 Å². The van der Waals surface area contributed by atoms with Crippen molar-refractivity contribution in [1.82, 2.24) is 19.7 Å². The lowest BCUT2D eigenvalue weighted by Gasteiger charge is -2.05. The molecule has 0 aliphatic heterocycles. The molecule has 0 saturated carbocycles. The van der Waals surface area contributed by atoms with Crippen molar-refractivity contribution >= 4 is 46.2 Å². The van der Waals surface area contributed by atoms with Gasteiger partial charge in [0.2, 0.25) is 0 Å². The van der Waals surface area contributed by atoms with E-state index >= 15 is 0 Å². The van der Waals surface area contributed by atoms with Gasteiger partial charge in [0.1, 0.15) is 16.2 Å². The number of aryl methyl sites for hydroxylation is 1. The number of para-hydroxylation sites is 1. The zero-order valence-electron chi connectivity index (χ0n) is 15.2. The van der Waals surface area contributed by atoms with Gasteiger partial charge in [-0.05, 0) is 37.3 Å². The van der Waals surface area contributed by atoms with E-state index in [0.29, 0.717) is 37.7 Å². The van der Waals surface area contributed by atoms with Crippen LogP contribution in [0.25, 0.3) is 28.6 Å². The van der Waals surface area contributed by atoms with Crippen molar-refractivity contribution in [2.24, 2.45) is 0 Å². The molecule has 0 aliphatic rings. The molecule has 0 saturated heterocycles. The van der Waals surface area contributed by atoms with Crippen LogP contribution in [0.1, 0.15) is 16.3 Å². The van der Waals surface area contributed by atoms with Crippen LogP contribution in [0.4, 0.5) is 0 Å². The van der Waals surface area contributed by atoms with Crippen LogP contribution in [0.3, 0.4) is 0 Å².